The number of aryl methyl sites for hydroxylation is 2. The Morgan fingerprint density at radius 1 is 1.15 bits per heavy atom. The Kier molecular flexibility index (Phi) is 5.14. The largest absolute Gasteiger partial charge is 0.456 e. The fourth-order valence-corrected chi connectivity index (χ4v) is 2.80. The summed E-state index contributed by atoms with van der Waals surface area (Å²) in [6, 6.07) is 12.7. The number of ether oxygens (including phenoxy) is 1. The monoisotopic (exact) mass is 352 g/mol. The number of esters is 1. The third-order valence-corrected chi connectivity index (χ3v) is 4.24. The summed E-state index contributed by atoms with van der Waals surface area (Å²) in [5, 5.41) is 14.1. The van der Waals surface area contributed by atoms with Crippen molar-refractivity contribution in [1.82, 2.24) is 9.78 Å². The number of carbonyl (C=O) groups is 1. The standard InChI is InChI=1S/C20H20N2O4/c1-13-7-8-14(2)15(11-13)12-26-20(25)18-16-5-3-4-6-17(16)19(24)22(21-18)9-10-23/h3-8,11,23H,9-10,12H2,1-2H3. The summed E-state index contributed by atoms with van der Waals surface area (Å²) in [6.45, 7) is 3.83. The zero-order valence-electron chi connectivity index (χ0n) is 14.7. The molecule has 0 saturated carbocycles. The molecule has 0 radical (unpaired) electrons. The minimum absolute atomic E-state index is 0.0148. The van der Waals surface area contributed by atoms with Crippen molar-refractivity contribution in [2.45, 2.75) is 27.0 Å². The van der Waals surface area contributed by atoms with Gasteiger partial charge in [0, 0.05) is 5.39 Å². The van der Waals surface area contributed by atoms with E-state index >= 15 is 0 Å². The Morgan fingerprint density at radius 3 is 2.62 bits per heavy atom. The number of aromatic nitrogens is 2. The number of hydrogen-bond donors (Lipinski definition) is 1. The van der Waals surface area contributed by atoms with Gasteiger partial charge in [0.1, 0.15) is 6.61 Å². The molecule has 134 valence electrons. The van der Waals surface area contributed by atoms with Gasteiger partial charge < -0.3 is 9.84 Å². The average Bonchev–Trinajstić information content (AvgIpc) is 2.64. The molecule has 1 heterocycles. The molecular formula is C20H20N2O4. The Morgan fingerprint density at radius 2 is 1.88 bits per heavy atom. The van der Waals surface area contributed by atoms with Crippen molar-refractivity contribution < 1.29 is 14.6 Å². The second kappa shape index (κ2) is 7.49. The first-order valence-electron chi connectivity index (χ1n) is 8.35. The fraction of sp³-hybridized carbons (Fsp3) is 0.250. The smallest absolute Gasteiger partial charge is 0.359 e. The molecule has 6 heteroatoms. The molecule has 1 aromatic heterocycles. The molecule has 6 nitrogen and oxygen atoms in total. The maximum absolute atomic E-state index is 12.6. The molecule has 0 aliphatic carbocycles. The molecule has 0 fully saturated rings. The highest BCUT2D eigenvalue weighted by Gasteiger charge is 2.18. The zero-order chi connectivity index (χ0) is 18.7. The van der Waals surface area contributed by atoms with Crippen molar-refractivity contribution in [3.05, 3.63) is 75.2 Å². The molecule has 0 bridgehead atoms. The van der Waals surface area contributed by atoms with Gasteiger partial charge in [-0.1, -0.05) is 42.0 Å². The first-order valence-corrected chi connectivity index (χ1v) is 8.35. The first kappa shape index (κ1) is 17.8. The lowest BCUT2D eigenvalue weighted by molar-refractivity contribution is 0.0464. The second-order valence-electron chi connectivity index (χ2n) is 6.15. The Balaban J connectivity index is 1.96. The topological polar surface area (TPSA) is 81.4 Å². The Bertz CT molecular complexity index is 1020. The molecule has 0 aliphatic rings. The predicted octanol–water partition coefficient (Wildman–Crippen LogP) is 2.36. The summed E-state index contributed by atoms with van der Waals surface area (Å²) in [6.07, 6.45) is 0. The summed E-state index contributed by atoms with van der Waals surface area (Å²) in [4.78, 5) is 25.0. The zero-order valence-corrected chi connectivity index (χ0v) is 14.7. The van der Waals surface area contributed by atoms with Crippen LogP contribution in [0.3, 0.4) is 0 Å². The maximum atomic E-state index is 12.6. The van der Waals surface area contributed by atoms with Crippen molar-refractivity contribution in [3.63, 3.8) is 0 Å². The van der Waals surface area contributed by atoms with Gasteiger partial charge in [-0.2, -0.15) is 5.10 Å². The van der Waals surface area contributed by atoms with Crippen LogP contribution in [0.5, 0.6) is 0 Å². The molecule has 0 saturated heterocycles. The van der Waals surface area contributed by atoms with Crippen LogP contribution in [0.25, 0.3) is 10.8 Å². The van der Waals surface area contributed by atoms with Gasteiger partial charge in [-0.15, -0.1) is 0 Å². The molecule has 0 unspecified atom stereocenters. The Hall–Kier alpha value is -2.99. The van der Waals surface area contributed by atoms with Gasteiger partial charge in [-0.3, -0.25) is 4.79 Å². The van der Waals surface area contributed by atoms with E-state index in [2.05, 4.69) is 5.10 Å². The number of benzene rings is 2. The molecule has 0 aliphatic heterocycles. The van der Waals surface area contributed by atoms with Gasteiger partial charge in [0.05, 0.1) is 18.5 Å². The fourth-order valence-electron chi connectivity index (χ4n) is 2.80. The van der Waals surface area contributed by atoms with E-state index in [-0.39, 0.29) is 31.0 Å². The van der Waals surface area contributed by atoms with Gasteiger partial charge in [-0.05, 0) is 31.0 Å². The minimum atomic E-state index is -0.603. The second-order valence-corrected chi connectivity index (χ2v) is 6.15. The highest BCUT2D eigenvalue weighted by molar-refractivity contribution is 6.02. The van der Waals surface area contributed by atoms with Crippen LogP contribution in [-0.2, 0) is 17.9 Å². The lowest BCUT2D eigenvalue weighted by Crippen LogP contribution is -2.27. The van der Waals surface area contributed by atoms with Crippen LogP contribution < -0.4 is 5.56 Å². The van der Waals surface area contributed by atoms with E-state index in [1.165, 1.54) is 0 Å². The van der Waals surface area contributed by atoms with Crippen molar-refractivity contribution in [3.8, 4) is 0 Å². The number of nitrogens with zero attached hydrogens (tertiary/aromatic N) is 2. The van der Waals surface area contributed by atoms with Crippen LogP contribution in [0.15, 0.2) is 47.3 Å². The van der Waals surface area contributed by atoms with Crippen LogP contribution >= 0.6 is 0 Å². The van der Waals surface area contributed by atoms with Crippen molar-refractivity contribution in [1.29, 1.82) is 0 Å². The Labute approximate surface area is 150 Å². The van der Waals surface area contributed by atoms with Crippen molar-refractivity contribution >= 4 is 16.7 Å². The highest BCUT2D eigenvalue weighted by Crippen LogP contribution is 2.16. The van der Waals surface area contributed by atoms with E-state index in [0.717, 1.165) is 21.4 Å². The van der Waals surface area contributed by atoms with Gasteiger partial charge in [0.25, 0.3) is 5.56 Å². The minimum Gasteiger partial charge on any atom is -0.456 e. The van der Waals surface area contributed by atoms with Crippen molar-refractivity contribution in [2.24, 2.45) is 0 Å². The number of aliphatic hydroxyl groups is 1. The average molecular weight is 352 g/mol. The maximum Gasteiger partial charge on any atom is 0.359 e. The van der Waals surface area contributed by atoms with E-state index < -0.39 is 5.97 Å². The quantitative estimate of drug-likeness (QED) is 0.713. The number of carbonyl (C=O) groups excluding carboxylic acids is 1. The van der Waals surface area contributed by atoms with Crippen LogP contribution in [0.4, 0.5) is 0 Å². The first-order chi connectivity index (χ1) is 12.5. The molecule has 2 aromatic carbocycles. The van der Waals surface area contributed by atoms with Crippen LogP contribution in [0.1, 0.15) is 27.2 Å². The van der Waals surface area contributed by atoms with Crippen molar-refractivity contribution in [2.75, 3.05) is 6.61 Å². The summed E-state index contributed by atoms with van der Waals surface area (Å²) in [5.41, 5.74) is 2.76. The molecule has 1 N–H and O–H groups in total. The molecular weight excluding hydrogens is 332 g/mol. The molecule has 3 rings (SSSR count). The highest BCUT2D eigenvalue weighted by atomic mass is 16.5. The van der Waals surface area contributed by atoms with Gasteiger partial charge in [0.15, 0.2) is 5.69 Å². The predicted molar refractivity (Wildman–Crippen MR) is 98.1 cm³/mol. The van der Waals surface area contributed by atoms with Gasteiger partial charge in [-0.25, -0.2) is 9.48 Å². The van der Waals surface area contributed by atoms with E-state index in [0.29, 0.717) is 10.8 Å². The SMILES string of the molecule is Cc1ccc(C)c(COC(=O)c2nn(CCO)c(=O)c3ccccc23)c1. The van der Waals surface area contributed by atoms with Gasteiger partial charge in [0.2, 0.25) is 0 Å². The third-order valence-electron chi connectivity index (χ3n) is 4.24. The number of fused-ring (bicyclic) bond motifs is 1. The molecule has 26 heavy (non-hydrogen) atoms. The summed E-state index contributed by atoms with van der Waals surface area (Å²) >= 11 is 0. The summed E-state index contributed by atoms with van der Waals surface area (Å²) in [7, 11) is 0. The van der Waals surface area contributed by atoms with Gasteiger partial charge >= 0.3 is 5.97 Å². The van der Waals surface area contributed by atoms with Crippen LogP contribution in [0.2, 0.25) is 0 Å². The van der Waals surface area contributed by atoms with Crippen LogP contribution in [-0.4, -0.2) is 27.5 Å². The molecule has 0 atom stereocenters. The number of aliphatic hydroxyl groups excluding tert-OH is 1. The third kappa shape index (κ3) is 3.50. The lowest BCUT2D eigenvalue weighted by atomic mass is 10.1. The summed E-state index contributed by atoms with van der Waals surface area (Å²) in [5.74, 6) is -0.603. The normalized spacial score (nSPS) is 10.9. The van der Waals surface area contributed by atoms with E-state index in [1.54, 1.807) is 24.3 Å². The molecule has 0 spiro atoms. The molecule has 0 amide bonds. The summed E-state index contributed by atoms with van der Waals surface area (Å²) < 4.78 is 6.55. The van der Waals surface area contributed by atoms with E-state index in [4.69, 9.17) is 9.84 Å². The molecule has 3 aromatic rings. The number of rotatable bonds is 5. The van der Waals surface area contributed by atoms with E-state index in [1.807, 2.05) is 32.0 Å². The van der Waals surface area contributed by atoms with Crippen LogP contribution in [0, 0.1) is 13.8 Å². The number of hydrogen-bond acceptors (Lipinski definition) is 5. The van der Waals surface area contributed by atoms with E-state index in [9.17, 15) is 9.59 Å². The lowest BCUT2D eigenvalue weighted by Gasteiger charge is -2.11.